The van der Waals surface area contributed by atoms with Gasteiger partial charge in [0.15, 0.2) is 41.4 Å². The Labute approximate surface area is 438 Å². The highest BCUT2D eigenvalue weighted by atomic mass is 31.3. The van der Waals surface area contributed by atoms with E-state index in [0.29, 0.717) is 0 Å². The van der Waals surface area contributed by atoms with Gasteiger partial charge in [-0.05, 0) is 0 Å². The maximum Gasteiger partial charge on any atom is 0.490 e. The van der Waals surface area contributed by atoms with E-state index in [0.717, 1.165) is 17.2 Å². The Morgan fingerprint density at radius 3 is 2.16 bits per heavy atom. The van der Waals surface area contributed by atoms with Crippen molar-refractivity contribution >= 4 is 82.5 Å². The molecule has 0 amide bonds. The van der Waals surface area contributed by atoms with E-state index >= 15 is 0 Å². The second-order valence-corrected chi connectivity index (χ2v) is 23.9. The minimum Gasteiger partial charge on any atom is -0.387 e. The number of fused-ring (bicyclic) bond motifs is 5. The first-order valence-corrected chi connectivity index (χ1v) is 28.7. The number of aryl methyl sites for hydroxylation is 1. The largest absolute Gasteiger partial charge is 0.490 e. The van der Waals surface area contributed by atoms with Gasteiger partial charge in [-0.3, -0.25) is 51.4 Å². The van der Waals surface area contributed by atoms with E-state index in [2.05, 4.69) is 48.5 Å². The highest BCUT2D eigenvalue weighted by Crippen LogP contribution is 2.68. The average molecular weight is 1200 g/mol. The third-order valence-electron chi connectivity index (χ3n) is 12.6. The number of methoxy groups -OCH3 is 1. The fourth-order valence-electron chi connectivity index (χ4n) is 9.19. The SMILES string of the molecule is COCCO[C@@H]1C(O)[C@H]([n+]2cn(C)c3c(=O)[nH]c(N)nc32)O[C@@H]1COP(=O)(O)OP(=O)(O)OP(=O)(O)OC[C@@]12COC([C@H](n3cnc4c(N)ncnc43)O1)[C@H]2OP(=O)(O)OC[C@H]1O[C@@H](n2cnc3c(=O)[nH]c(N)nc32)C(O)[C@H]1O. The van der Waals surface area contributed by atoms with Crippen LogP contribution in [0.2, 0.25) is 0 Å². The van der Waals surface area contributed by atoms with Gasteiger partial charge in [-0.2, -0.15) is 13.6 Å². The standard InChI is InChI=1S/C35H47N15O25P4/c1-47-12-50(27-17(47)29(55)46-34(38)44-27)31-20(53)21(65-4-3-64-2)14(71-31)6-68-77(58,59)74-79(62,63)75-78(60,61)69-8-35-7-66-22(32(72-35)48-10-41-15-24(36)39-9-40-25(15)48)23(35)73-76(56,57)67-5-13-18(51)19(52)30(70-13)49-11-42-16-26(49)43-33(37)45-28(16)54/h9-14,18-23,30-32,51-53H,3-8H2,1-2H3,(H11-,36,37,38,39,40,43,44,45,46,54,55,56,57,58,59,60,61,62,63)/p+1/t13-,14-,18+,19?,20?,21+,22?,23-,30-,31-,32-,35-/m1/s1. The monoisotopic (exact) mass is 1200 g/mol. The van der Waals surface area contributed by atoms with Crippen molar-refractivity contribution in [3.8, 4) is 0 Å². The smallest absolute Gasteiger partial charge is 0.387 e. The molecular weight excluding hydrogens is 1150 g/mol. The maximum absolute atomic E-state index is 13.8. The molecule has 7 unspecified atom stereocenters. The van der Waals surface area contributed by atoms with Crippen molar-refractivity contribution in [3.05, 3.63) is 46.0 Å². The quantitative estimate of drug-likeness (QED) is 0.0174. The number of hydrogen-bond donors (Lipinski definition) is 12. The molecule has 4 aliphatic heterocycles. The van der Waals surface area contributed by atoms with Crippen molar-refractivity contribution in [2.24, 2.45) is 7.05 Å². The average Bonchev–Trinajstić information content (AvgIpc) is 4.24. The number of hydrogen-bond acceptors (Lipinski definition) is 30. The summed E-state index contributed by atoms with van der Waals surface area (Å²) in [5, 5.41) is 33.2. The number of H-pyrrole nitrogens is 2. The minimum atomic E-state index is -6.22. The Morgan fingerprint density at radius 2 is 1.43 bits per heavy atom. The van der Waals surface area contributed by atoms with Crippen molar-refractivity contribution in [1.29, 1.82) is 0 Å². The molecule has 79 heavy (non-hydrogen) atoms. The summed E-state index contributed by atoms with van der Waals surface area (Å²) in [5.74, 6) is -0.672. The van der Waals surface area contributed by atoms with E-state index in [1.165, 1.54) is 40.5 Å². The van der Waals surface area contributed by atoms with E-state index in [-0.39, 0.29) is 64.4 Å². The first-order chi connectivity index (χ1) is 37.2. The number of aromatic amines is 2. The lowest BCUT2D eigenvalue weighted by Gasteiger charge is -2.32. The third kappa shape index (κ3) is 11.2. The van der Waals surface area contributed by atoms with Crippen LogP contribution in [-0.4, -0.2) is 190 Å². The van der Waals surface area contributed by atoms with Crippen LogP contribution < -0.4 is 32.9 Å². The minimum absolute atomic E-state index is 0.00514. The van der Waals surface area contributed by atoms with Gasteiger partial charge in [0, 0.05) is 7.11 Å². The number of aromatic nitrogens is 12. The Kier molecular flexibility index (Phi) is 15.4. The second-order valence-electron chi connectivity index (χ2n) is 17.8. The summed E-state index contributed by atoms with van der Waals surface area (Å²) in [6, 6.07) is 0. The summed E-state index contributed by atoms with van der Waals surface area (Å²) in [5.41, 5.74) is 13.4. The normalized spacial score (nSPS) is 31.0. The molecule has 4 aliphatic rings. The molecular formula is C35H48N15O25P4+. The third-order valence-corrected chi connectivity index (χ3v) is 17.8. The zero-order valence-electron chi connectivity index (χ0n) is 40.4. The Hall–Kier alpha value is -5.19. The first-order valence-electron chi connectivity index (χ1n) is 22.7. The van der Waals surface area contributed by atoms with Crippen molar-refractivity contribution in [3.63, 3.8) is 0 Å². The van der Waals surface area contributed by atoms with E-state index in [1.54, 1.807) is 0 Å². The van der Waals surface area contributed by atoms with Crippen LogP contribution in [0.25, 0.3) is 33.5 Å². The molecule has 0 aliphatic carbocycles. The number of aliphatic hydroxyl groups excluding tert-OH is 3. The van der Waals surface area contributed by atoms with Gasteiger partial charge >= 0.3 is 36.9 Å². The van der Waals surface area contributed by atoms with Crippen LogP contribution in [0.15, 0.2) is 34.9 Å². The van der Waals surface area contributed by atoms with Crippen LogP contribution in [0.4, 0.5) is 17.7 Å². The van der Waals surface area contributed by atoms with Gasteiger partial charge in [-0.15, -0.1) is 0 Å². The molecule has 15 N–H and O–H groups in total. The maximum atomic E-state index is 13.8. The number of nitrogens with one attached hydrogen (secondary N) is 2. The molecule has 44 heteroatoms. The Balaban J connectivity index is 0.818. The van der Waals surface area contributed by atoms with Gasteiger partial charge < -0.3 is 80.5 Å². The number of phosphoric ester groups is 3. The summed E-state index contributed by atoms with van der Waals surface area (Å²) < 4.78 is 122. The molecule has 0 radical (unpaired) electrons. The number of rotatable bonds is 22. The molecule has 40 nitrogen and oxygen atoms in total. The van der Waals surface area contributed by atoms with Crippen molar-refractivity contribution in [2.45, 2.75) is 73.1 Å². The molecule has 4 saturated heterocycles. The van der Waals surface area contributed by atoms with Gasteiger partial charge in [0.25, 0.3) is 17.1 Å². The van der Waals surface area contributed by atoms with E-state index in [1.807, 2.05) is 0 Å². The molecule has 10 heterocycles. The number of aliphatic hydroxyl groups is 3. The first kappa shape index (κ1) is 57.1. The molecule has 2 bridgehead atoms. The number of nitrogen functional groups attached to an aromatic ring is 3. The molecule has 432 valence electrons. The number of anilines is 3. The van der Waals surface area contributed by atoms with E-state index < -0.39 is 142 Å². The fourth-order valence-corrected chi connectivity index (χ4v) is 13.8. The second kappa shape index (κ2) is 21.3. The van der Waals surface area contributed by atoms with E-state index in [4.69, 9.17) is 63.7 Å². The Morgan fingerprint density at radius 1 is 0.772 bits per heavy atom. The number of nitrogens with two attached hydrogens (primary N) is 3. The highest BCUT2D eigenvalue weighted by molar-refractivity contribution is 7.66. The summed E-state index contributed by atoms with van der Waals surface area (Å²) >= 11 is 0. The summed E-state index contributed by atoms with van der Waals surface area (Å²) in [6.45, 7) is -4.13. The lowest BCUT2D eigenvalue weighted by molar-refractivity contribution is -0.745. The molecule has 0 aromatic carbocycles. The van der Waals surface area contributed by atoms with Crippen molar-refractivity contribution in [1.82, 2.24) is 53.6 Å². The van der Waals surface area contributed by atoms with Gasteiger partial charge in [0.05, 0.1) is 59.3 Å². The van der Waals surface area contributed by atoms with Gasteiger partial charge in [-0.1, -0.05) is 4.98 Å². The van der Waals surface area contributed by atoms with Crippen LogP contribution in [0.3, 0.4) is 0 Å². The van der Waals surface area contributed by atoms with Gasteiger partial charge in [0.1, 0.15) is 66.3 Å². The number of ether oxygens (including phenoxy) is 6. The summed E-state index contributed by atoms with van der Waals surface area (Å²) in [7, 11) is -20.7. The highest BCUT2D eigenvalue weighted by Gasteiger charge is 2.66. The zero-order valence-corrected chi connectivity index (χ0v) is 44.0. The lowest BCUT2D eigenvalue weighted by Crippen LogP contribution is -2.46. The lowest BCUT2D eigenvalue weighted by atomic mass is 10.0. The Bertz CT molecular complexity index is 3620. The summed E-state index contributed by atoms with van der Waals surface area (Å²) in [6.07, 6.45) is -12.7. The van der Waals surface area contributed by atoms with E-state index in [9.17, 15) is 62.7 Å². The molecule has 0 saturated carbocycles. The summed E-state index contributed by atoms with van der Waals surface area (Å²) in [4.78, 5) is 96.8. The fraction of sp³-hybridized carbons (Fsp3) is 0.571. The topological polar surface area (TPSA) is 560 Å². The van der Waals surface area contributed by atoms with Gasteiger partial charge in [-0.25, -0.2) is 42.8 Å². The molecule has 4 fully saturated rings. The van der Waals surface area contributed by atoms with Crippen molar-refractivity contribution in [2.75, 3.05) is 64.0 Å². The van der Waals surface area contributed by atoms with Crippen molar-refractivity contribution < 1.29 is 113 Å². The molecule has 10 rings (SSSR count). The van der Waals surface area contributed by atoms with Gasteiger partial charge in [0.2, 0.25) is 17.7 Å². The predicted octanol–water partition coefficient (Wildman–Crippen LogP) is -4.29. The molecule has 16 atom stereocenters. The van der Waals surface area contributed by atoms with Crippen LogP contribution in [0.5, 0.6) is 0 Å². The number of phosphoric acid groups is 4. The number of imidazole rings is 3. The van der Waals surface area contributed by atoms with Crippen LogP contribution in [0, 0.1) is 0 Å². The van der Waals surface area contributed by atoms with Crippen LogP contribution >= 0.6 is 31.3 Å². The predicted molar refractivity (Wildman–Crippen MR) is 252 cm³/mol. The molecule has 6 aromatic rings. The number of nitrogens with zero attached hydrogens (tertiary/aromatic N) is 10. The molecule has 0 spiro atoms. The van der Waals surface area contributed by atoms with Crippen LogP contribution in [-0.2, 0) is 80.4 Å². The molecule has 6 aromatic heterocycles. The zero-order chi connectivity index (χ0) is 56.7. The van der Waals surface area contributed by atoms with Crippen LogP contribution in [0.1, 0.15) is 18.7 Å².